The van der Waals surface area contributed by atoms with E-state index >= 15 is 0 Å². The Morgan fingerprint density at radius 2 is 2.29 bits per heavy atom. The maximum atomic E-state index is 10.2. The minimum absolute atomic E-state index is 0.165. The molecule has 4 nitrogen and oxygen atoms in total. The summed E-state index contributed by atoms with van der Waals surface area (Å²) in [6, 6.07) is 1.62. The van der Waals surface area contributed by atoms with Gasteiger partial charge in [-0.15, -0.1) is 0 Å². The van der Waals surface area contributed by atoms with Crippen molar-refractivity contribution < 1.29 is 9.52 Å². The van der Waals surface area contributed by atoms with Crippen molar-refractivity contribution in [3.8, 4) is 0 Å². The number of aliphatic hydroxyl groups excluding tert-OH is 1. The van der Waals surface area contributed by atoms with Gasteiger partial charge >= 0.3 is 0 Å². The number of aryl methyl sites for hydroxylation is 1. The fraction of sp³-hybridized carbons (Fsp3) is 0.364. The van der Waals surface area contributed by atoms with Crippen molar-refractivity contribution in [3.63, 3.8) is 0 Å². The Morgan fingerprint density at radius 1 is 1.53 bits per heavy atom. The Balaban J connectivity index is 2.39. The summed E-state index contributed by atoms with van der Waals surface area (Å²) in [5.41, 5.74) is 1.03. The molecule has 92 valence electrons. The third-order valence-corrected chi connectivity index (χ3v) is 3.07. The molecule has 6 heteroatoms. The summed E-state index contributed by atoms with van der Waals surface area (Å²) in [6.45, 7) is 2.71. The largest absolute Gasteiger partial charge is 0.453 e. The van der Waals surface area contributed by atoms with Gasteiger partial charge in [-0.2, -0.15) is 5.10 Å². The average Bonchev–Trinajstić information content (AvgIpc) is 2.86. The summed E-state index contributed by atoms with van der Waals surface area (Å²) < 4.78 is 6.63. The van der Waals surface area contributed by atoms with Crippen LogP contribution in [0, 0.1) is 0 Å². The molecule has 0 aliphatic heterocycles. The van der Waals surface area contributed by atoms with Crippen LogP contribution in [-0.4, -0.2) is 14.9 Å². The molecule has 2 heterocycles. The summed E-state index contributed by atoms with van der Waals surface area (Å²) in [4.78, 5) is 0. The molecule has 1 N–H and O–H groups in total. The molecule has 2 aromatic heterocycles. The van der Waals surface area contributed by atoms with Gasteiger partial charge < -0.3 is 9.52 Å². The standard InChI is InChI=1S/C11H12Cl2N2O2/c1-2-4-15-9(8(12)6-14-15)10(16)7-3-5-17-11(7)13/h3,5-6,10,16H,2,4H2,1H3. The van der Waals surface area contributed by atoms with Gasteiger partial charge in [0.1, 0.15) is 6.10 Å². The highest BCUT2D eigenvalue weighted by Crippen LogP contribution is 2.32. The summed E-state index contributed by atoms with van der Waals surface area (Å²) >= 11 is 11.9. The van der Waals surface area contributed by atoms with Gasteiger partial charge in [0.05, 0.1) is 23.2 Å². The summed E-state index contributed by atoms with van der Waals surface area (Å²) in [5, 5.41) is 15.0. The zero-order chi connectivity index (χ0) is 12.4. The summed E-state index contributed by atoms with van der Waals surface area (Å²) in [5.74, 6) is 0. The zero-order valence-corrected chi connectivity index (χ0v) is 10.7. The molecular weight excluding hydrogens is 263 g/mol. The first-order chi connectivity index (χ1) is 8.15. The van der Waals surface area contributed by atoms with Gasteiger partial charge in [0.2, 0.25) is 0 Å². The highest BCUT2D eigenvalue weighted by molar-refractivity contribution is 6.31. The number of aliphatic hydroxyl groups is 1. The van der Waals surface area contributed by atoms with Gasteiger partial charge in [0.25, 0.3) is 0 Å². The third kappa shape index (κ3) is 2.34. The van der Waals surface area contributed by atoms with E-state index in [-0.39, 0.29) is 5.22 Å². The van der Waals surface area contributed by atoms with Gasteiger partial charge in [0, 0.05) is 12.1 Å². The van der Waals surface area contributed by atoms with Crippen LogP contribution in [0.25, 0.3) is 0 Å². The van der Waals surface area contributed by atoms with E-state index in [4.69, 9.17) is 27.6 Å². The zero-order valence-electron chi connectivity index (χ0n) is 9.23. The Morgan fingerprint density at radius 3 is 2.88 bits per heavy atom. The van der Waals surface area contributed by atoms with E-state index in [0.29, 0.717) is 22.8 Å². The van der Waals surface area contributed by atoms with Crippen LogP contribution in [0.4, 0.5) is 0 Å². The molecule has 0 fully saturated rings. The number of hydrogen-bond donors (Lipinski definition) is 1. The SMILES string of the molecule is CCCn1ncc(Cl)c1C(O)c1ccoc1Cl. The van der Waals surface area contributed by atoms with Crippen molar-refractivity contribution >= 4 is 23.2 Å². The van der Waals surface area contributed by atoms with Crippen LogP contribution in [0.3, 0.4) is 0 Å². The average molecular weight is 275 g/mol. The van der Waals surface area contributed by atoms with Gasteiger partial charge in [-0.05, 0) is 24.1 Å². The van der Waals surface area contributed by atoms with Crippen LogP contribution in [0.5, 0.6) is 0 Å². The highest BCUT2D eigenvalue weighted by Gasteiger charge is 2.23. The quantitative estimate of drug-likeness (QED) is 0.931. The summed E-state index contributed by atoms with van der Waals surface area (Å²) in [6.07, 6.45) is 2.92. The predicted molar refractivity (Wildman–Crippen MR) is 65.3 cm³/mol. The third-order valence-electron chi connectivity index (χ3n) is 2.47. The fourth-order valence-electron chi connectivity index (χ4n) is 1.68. The Bertz CT molecular complexity index is 507. The van der Waals surface area contributed by atoms with E-state index in [0.717, 1.165) is 6.42 Å². The molecule has 0 spiro atoms. The number of halogens is 2. The minimum Gasteiger partial charge on any atom is -0.453 e. The number of rotatable bonds is 4. The topological polar surface area (TPSA) is 51.2 Å². The highest BCUT2D eigenvalue weighted by atomic mass is 35.5. The van der Waals surface area contributed by atoms with E-state index in [2.05, 4.69) is 5.10 Å². The van der Waals surface area contributed by atoms with Crippen LogP contribution in [0.2, 0.25) is 10.2 Å². The van der Waals surface area contributed by atoms with Crippen molar-refractivity contribution in [2.75, 3.05) is 0 Å². The first-order valence-electron chi connectivity index (χ1n) is 5.27. The lowest BCUT2D eigenvalue weighted by molar-refractivity contribution is 0.206. The lowest BCUT2D eigenvalue weighted by atomic mass is 10.1. The first kappa shape index (κ1) is 12.5. The van der Waals surface area contributed by atoms with E-state index in [1.807, 2.05) is 6.92 Å². The second-order valence-corrected chi connectivity index (χ2v) is 4.40. The van der Waals surface area contributed by atoms with Crippen molar-refractivity contribution in [3.05, 3.63) is 40.0 Å². The fourth-order valence-corrected chi connectivity index (χ4v) is 2.14. The molecule has 0 bridgehead atoms. The molecule has 0 radical (unpaired) electrons. The Labute approximate surface area is 109 Å². The van der Waals surface area contributed by atoms with Crippen molar-refractivity contribution in [2.24, 2.45) is 0 Å². The van der Waals surface area contributed by atoms with E-state index in [1.54, 1.807) is 10.7 Å². The van der Waals surface area contributed by atoms with E-state index in [9.17, 15) is 5.11 Å². The van der Waals surface area contributed by atoms with Crippen LogP contribution < -0.4 is 0 Å². The van der Waals surface area contributed by atoms with E-state index < -0.39 is 6.10 Å². The maximum Gasteiger partial charge on any atom is 0.199 e. The van der Waals surface area contributed by atoms with E-state index in [1.165, 1.54) is 12.5 Å². The number of hydrogen-bond acceptors (Lipinski definition) is 3. The van der Waals surface area contributed by atoms with Crippen molar-refractivity contribution in [1.82, 2.24) is 9.78 Å². The van der Waals surface area contributed by atoms with Crippen LogP contribution in [0.15, 0.2) is 22.9 Å². The second-order valence-electron chi connectivity index (χ2n) is 3.65. The van der Waals surface area contributed by atoms with Crippen LogP contribution in [0.1, 0.15) is 30.7 Å². The number of nitrogens with zero attached hydrogens (tertiary/aromatic N) is 2. The van der Waals surface area contributed by atoms with Crippen LogP contribution in [-0.2, 0) is 6.54 Å². The van der Waals surface area contributed by atoms with Gasteiger partial charge in [-0.25, -0.2) is 0 Å². The lowest BCUT2D eigenvalue weighted by Crippen LogP contribution is -2.10. The van der Waals surface area contributed by atoms with Crippen molar-refractivity contribution in [2.45, 2.75) is 26.0 Å². The second kappa shape index (κ2) is 5.12. The molecule has 17 heavy (non-hydrogen) atoms. The van der Waals surface area contributed by atoms with Gasteiger partial charge in [-0.3, -0.25) is 4.68 Å². The first-order valence-corrected chi connectivity index (χ1v) is 6.03. The molecule has 0 aromatic carbocycles. The molecular formula is C11H12Cl2N2O2. The normalized spacial score (nSPS) is 12.9. The predicted octanol–water partition coefficient (Wildman–Crippen LogP) is 3.27. The smallest absolute Gasteiger partial charge is 0.199 e. The van der Waals surface area contributed by atoms with Gasteiger partial charge in [0.15, 0.2) is 5.22 Å². The van der Waals surface area contributed by atoms with Crippen molar-refractivity contribution in [1.29, 1.82) is 0 Å². The molecule has 2 rings (SSSR count). The molecule has 0 saturated carbocycles. The number of furan rings is 1. The maximum absolute atomic E-state index is 10.2. The summed E-state index contributed by atoms with van der Waals surface area (Å²) in [7, 11) is 0. The monoisotopic (exact) mass is 274 g/mol. The lowest BCUT2D eigenvalue weighted by Gasteiger charge is -2.12. The molecule has 0 amide bonds. The molecule has 1 atom stereocenters. The number of aromatic nitrogens is 2. The molecule has 0 aliphatic rings. The molecule has 1 unspecified atom stereocenters. The molecule has 0 saturated heterocycles. The van der Waals surface area contributed by atoms with Gasteiger partial charge in [-0.1, -0.05) is 18.5 Å². The Kier molecular flexibility index (Phi) is 3.76. The van der Waals surface area contributed by atoms with Crippen LogP contribution >= 0.6 is 23.2 Å². The minimum atomic E-state index is -0.928. The molecule has 2 aromatic rings. The Hall–Kier alpha value is -0.970. The molecule has 0 aliphatic carbocycles.